The van der Waals surface area contributed by atoms with E-state index in [1.165, 1.54) is 23.1 Å². The van der Waals surface area contributed by atoms with E-state index in [4.69, 9.17) is 4.74 Å². The van der Waals surface area contributed by atoms with Gasteiger partial charge in [0.1, 0.15) is 11.0 Å². The number of carbonyl (C=O) groups excluding carboxylic acids is 1. The Bertz CT molecular complexity index is 1230. The number of benzene rings is 3. The summed E-state index contributed by atoms with van der Waals surface area (Å²) in [5, 5.41) is 15.1. The van der Waals surface area contributed by atoms with E-state index >= 15 is 0 Å². The molecule has 0 radical (unpaired) electrons. The number of nitrogens with zero attached hydrogens (tertiary/aromatic N) is 2. The van der Waals surface area contributed by atoms with Gasteiger partial charge in [-0.05, 0) is 60.9 Å². The van der Waals surface area contributed by atoms with E-state index in [2.05, 4.69) is 20.8 Å². The molecule has 4 aromatic rings. The molecular formula is C25H24N4O2S2. The Hall–Kier alpha value is -3.36. The van der Waals surface area contributed by atoms with Crippen LogP contribution in [0, 0.1) is 13.8 Å². The van der Waals surface area contributed by atoms with Gasteiger partial charge in [0.25, 0.3) is 0 Å². The van der Waals surface area contributed by atoms with Crippen molar-refractivity contribution in [3.05, 3.63) is 89.5 Å². The summed E-state index contributed by atoms with van der Waals surface area (Å²) in [6.07, 6.45) is 0. The first-order valence-electron chi connectivity index (χ1n) is 10.4. The van der Waals surface area contributed by atoms with Gasteiger partial charge in [-0.25, -0.2) is 0 Å². The second-order valence-electron chi connectivity index (χ2n) is 7.44. The number of ether oxygens (including phenoxy) is 1. The zero-order chi connectivity index (χ0) is 23.2. The summed E-state index contributed by atoms with van der Waals surface area (Å²) in [6, 6.07) is 23.3. The van der Waals surface area contributed by atoms with Crippen molar-refractivity contribution < 1.29 is 9.53 Å². The highest BCUT2D eigenvalue weighted by Crippen LogP contribution is 2.39. The minimum absolute atomic E-state index is 0.0974. The highest BCUT2D eigenvalue weighted by molar-refractivity contribution is 8.02. The molecule has 6 nitrogen and oxygen atoms in total. The number of nitrogens with one attached hydrogen (secondary N) is 2. The maximum Gasteiger partial charge on any atom is 0.242 e. The number of rotatable bonds is 8. The average Bonchev–Trinajstić information content (AvgIpc) is 3.27. The van der Waals surface area contributed by atoms with Crippen molar-refractivity contribution in [2.45, 2.75) is 23.4 Å². The predicted molar refractivity (Wildman–Crippen MR) is 136 cm³/mol. The van der Waals surface area contributed by atoms with Gasteiger partial charge in [-0.2, -0.15) is 0 Å². The van der Waals surface area contributed by atoms with Crippen LogP contribution in [0.2, 0.25) is 0 Å². The topological polar surface area (TPSA) is 76.1 Å². The van der Waals surface area contributed by atoms with Crippen LogP contribution in [-0.2, 0) is 4.79 Å². The quantitative estimate of drug-likeness (QED) is 0.287. The second kappa shape index (κ2) is 10.5. The van der Waals surface area contributed by atoms with Gasteiger partial charge in [-0.15, -0.1) is 10.2 Å². The van der Waals surface area contributed by atoms with Crippen molar-refractivity contribution in [2.75, 3.05) is 17.7 Å². The second-order valence-corrected chi connectivity index (χ2v) is 9.77. The first-order chi connectivity index (χ1) is 16.0. The van der Waals surface area contributed by atoms with Gasteiger partial charge < -0.3 is 15.4 Å². The van der Waals surface area contributed by atoms with E-state index in [1.54, 1.807) is 7.11 Å². The lowest BCUT2D eigenvalue weighted by atomic mass is 10.1. The fraction of sp³-hybridized carbons (Fsp3) is 0.160. The predicted octanol–water partition coefficient (Wildman–Crippen LogP) is 6.38. The van der Waals surface area contributed by atoms with Crippen LogP contribution in [0.4, 0.5) is 16.5 Å². The summed E-state index contributed by atoms with van der Waals surface area (Å²) in [5.74, 6) is 0.689. The number of hydrogen-bond donors (Lipinski definition) is 2. The summed E-state index contributed by atoms with van der Waals surface area (Å²) in [4.78, 5) is 13.3. The first-order valence-corrected chi connectivity index (χ1v) is 12.1. The number of amides is 1. The van der Waals surface area contributed by atoms with Gasteiger partial charge in [-0.3, -0.25) is 4.79 Å². The van der Waals surface area contributed by atoms with Crippen LogP contribution < -0.4 is 15.4 Å². The van der Waals surface area contributed by atoms with E-state index in [9.17, 15) is 4.79 Å². The van der Waals surface area contributed by atoms with Crippen LogP contribution in [0.5, 0.6) is 5.75 Å². The molecule has 0 saturated heterocycles. The van der Waals surface area contributed by atoms with Crippen LogP contribution in [-0.4, -0.2) is 23.2 Å². The van der Waals surface area contributed by atoms with Crippen molar-refractivity contribution in [1.29, 1.82) is 0 Å². The monoisotopic (exact) mass is 476 g/mol. The van der Waals surface area contributed by atoms with Gasteiger partial charge in [0.15, 0.2) is 4.34 Å². The van der Waals surface area contributed by atoms with Crippen molar-refractivity contribution >= 4 is 45.5 Å². The number of aromatic nitrogens is 2. The van der Waals surface area contributed by atoms with Crippen LogP contribution in [0.3, 0.4) is 0 Å². The molecule has 0 fully saturated rings. The molecule has 0 aliphatic rings. The third kappa shape index (κ3) is 5.91. The molecule has 1 aromatic heterocycles. The SMILES string of the molecule is COc1ccc(Nc2nnc(S[C@H](C(=O)Nc3cc(C)ccc3C)c3ccccc3)s2)cc1. The molecule has 168 valence electrons. The molecule has 8 heteroatoms. The smallest absolute Gasteiger partial charge is 0.242 e. The van der Waals surface area contributed by atoms with Gasteiger partial charge >= 0.3 is 0 Å². The molecule has 1 amide bonds. The molecule has 4 rings (SSSR count). The standard InChI is InChI=1S/C25H24N4O2S2/c1-16-9-10-17(2)21(15-16)27-23(30)22(18-7-5-4-6-8-18)32-25-29-28-24(33-25)26-19-11-13-20(31-3)14-12-19/h4-15,22H,1-3H3,(H,26,28)(H,27,30)/t22-/m0/s1. The normalized spacial score (nSPS) is 11.6. The molecule has 0 unspecified atom stereocenters. The van der Waals surface area contributed by atoms with E-state index in [0.717, 1.165) is 33.8 Å². The zero-order valence-electron chi connectivity index (χ0n) is 18.5. The molecule has 0 bridgehead atoms. The van der Waals surface area contributed by atoms with E-state index in [1.807, 2.05) is 86.6 Å². The third-order valence-corrected chi connectivity index (χ3v) is 7.14. The Morgan fingerprint density at radius 2 is 1.76 bits per heavy atom. The van der Waals surface area contributed by atoms with Crippen molar-refractivity contribution in [1.82, 2.24) is 10.2 Å². The highest BCUT2D eigenvalue weighted by Gasteiger charge is 2.24. The lowest BCUT2D eigenvalue weighted by Gasteiger charge is -2.17. The molecule has 0 spiro atoms. The van der Waals surface area contributed by atoms with Crippen LogP contribution in [0.15, 0.2) is 77.1 Å². The Morgan fingerprint density at radius 3 is 2.48 bits per heavy atom. The highest BCUT2D eigenvalue weighted by atomic mass is 32.2. The molecule has 3 aromatic carbocycles. The van der Waals surface area contributed by atoms with Crippen LogP contribution in [0.25, 0.3) is 0 Å². The summed E-state index contributed by atoms with van der Waals surface area (Å²) in [6.45, 7) is 4.00. The minimum atomic E-state index is -0.465. The van der Waals surface area contributed by atoms with Gasteiger partial charge in [0.2, 0.25) is 11.0 Å². The summed E-state index contributed by atoms with van der Waals surface area (Å²) < 4.78 is 5.90. The van der Waals surface area contributed by atoms with Gasteiger partial charge in [0.05, 0.1) is 7.11 Å². The van der Waals surface area contributed by atoms with Crippen LogP contribution >= 0.6 is 23.1 Å². The summed E-state index contributed by atoms with van der Waals surface area (Å²) in [7, 11) is 1.64. The van der Waals surface area contributed by atoms with Crippen molar-refractivity contribution in [3.8, 4) is 5.75 Å². The molecule has 2 N–H and O–H groups in total. The third-order valence-electron chi connectivity index (χ3n) is 4.96. The molecule has 0 aliphatic carbocycles. The Labute approximate surface area is 201 Å². The molecule has 1 heterocycles. The lowest BCUT2D eigenvalue weighted by Crippen LogP contribution is -2.19. The first kappa shape index (κ1) is 22.8. The summed E-state index contributed by atoms with van der Waals surface area (Å²) in [5.41, 5.74) is 4.73. The maximum absolute atomic E-state index is 13.3. The largest absolute Gasteiger partial charge is 0.497 e. The number of anilines is 3. The molecule has 33 heavy (non-hydrogen) atoms. The number of thioether (sulfide) groups is 1. The van der Waals surface area contributed by atoms with E-state index < -0.39 is 5.25 Å². The van der Waals surface area contributed by atoms with Gasteiger partial charge in [-0.1, -0.05) is 65.6 Å². The lowest BCUT2D eigenvalue weighted by molar-refractivity contribution is -0.115. The van der Waals surface area contributed by atoms with E-state index in [-0.39, 0.29) is 5.91 Å². The van der Waals surface area contributed by atoms with Crippen molar-refractivity contribution in [2.24, 2.45) is 0 Å². The fourth-order valence-corrected chi connectivity index (χ4v) is 5.14. The number of hydrogen-bond acceptors (Lipinski definition) is 7. The zero-order valence-corrected chi connectivity index (χ0v) is 20.2. The average molecular weight is 477 g/mol. The number of methoxy groups -OCH3 is 1. The van der Waals surface area contributed by atoms with E-state index in [0.29, 0.717) is 9.47 Å². The Balaban J connectivity index is 1.52. The number of carbonyl (C=O) groups is 1. The molecule has 0 aliphatic heterocycles. The van der Waals surface area contributed by atoms with Gasteiger partial charge in [0, 0.05) is 11.4 Å². The van der Waals surface area contributed by atoms with Crippen molar-refractivity contribution in [3.63, 3.8) is 0 Å². The summed E-state index contributed by atoms with van der Waals surface area (Å²) >= 11 is 2.80. The Kier molecular flexibility index (Phi) is 7.26. The molecule has 1 atom stereocenters. The molecular weight excluding hydrogens is 452 g/mol. The fourth-order valence-electron chi connectivity index (χ4n) is 3.18. The minimum Gasteiger partial charge on any atom is -0.497 e. The number of aryl methyl sites for hydroxylation is 2. The maximum atomic E-state index is 13.3. The Morgan fingerprint density at radius 1 is 1.00 bits per heavy atom. The van der Waals surface area contributed by atoms with Crippen LogP contribution in [0.1, 0.15) is 21.9 Å². The molecule has 0 saturated carbocycles.